The molecular formula is C42H44N2O3Si. The van der Waals surface area contributed by atoms with Crippen LogP contribution in [0.25, 0.3) is 17.2 Å². The Morgan fingerprint density at radius 1 is 0.771 bits per heavy atom. The highest BCUT2D eigenvalue weighted by molar-refractivity contribution is 6.99. The molecule has 244 valence electrons. The Hall–Kier alpha value is -5.04. The van der Waals surface area contributed by atoms with Crippen molar-refractivity contribution in [2.75, 3.05) is 12.4 Å². The van der Waals surface area contributed by atoms with Crippen LogP contribution in [0.2, 0.25) is 5.04 Å². The van der Waals surface area contributed by atoms with Crippen molar-refractivity contribution < 1.29 is 14.0 Å². The predicted octanol–water partition coefficient (Wildman–Crippen LogP) is 8.06. The third-order valence-corrected chi connectivity index (χ3v) is 13.9. The summed E-state index contributed by atoms with van der Waals surface area (Å²) >= 11 is 0. The monoisotopic (exact) mass is 652 g/mol. The Balaban J connectivity index is 1.40. The van der Waals surface area contributed by atoms with Gasteiger partial charge in [-0.05, 0) is 93.0 Å². The fourth-order valence-electron chi connectivity index (χ4n) is 6.38. The lowest BCUT2D eigenvalue weighted by molar-refractivity contribution is -0.111. The largest absolute Gasteiger partial charge is 0.403 e. The van der Waals surface area contributed by atoms with Crippen molar-refractivity contribution in [1.29, 1.82) is 0 Å². The van der Waals surface area contributed by atoms with E-state index in [-0.39, 0.29) is 16.9 Å². The second-order valence-electron chi connectivity index (χ2n) is 13.1. The molecule has 0 atom stereocenters. The lowest BCUT2D eigenvalue weighted by atomic mass is 9.93. The number of anilines is 1. The molecule has 0 aliphatic rings. The van der Waals surface area contributed by atoms with Crippen molar-refractivity contribution >= 4 is 42.3 Å². The molecule has 0 saturated heterocycles. The molecule has 0 radical (unpaired) electrons. The zero-order valence-corrected chi connectivity index (χ0v) is 29.6. The average Bonchev–Trinajstić information content (AvgIpc) is 3.09. The van der Waals surface area contributed by atoms with E-state index in [0.29, 0.717) is 17.9 Å². The number of nitrogens with one attached hydrogen (secondary N) is 2. The van der Waals surface area contributed by atoms with Crippen molar-refractivity contribution in [3.05, 3.63) is 155 Å². The topological polar surface area (TPSA) is 67.4 Å². The Labute approximate surface area is 285 Å². The van der Waals surface area contributed by atoms with Crippen molar-refractivity contribution in [3.8, 4) is 11.1 Å². The number of hydrogen-bond acceptors (Lipinski definition) is 3. The summed E-state index contributed by atoms with van der Waals surface area (Å²) in [6.07, 6.45) is 3.23. The van der Waals surface area contributed by atoms with Gasteiger partial charge < -0.3 is 15.1 Å². The van der Waals surface area contributed by atoms with Gasteiger partial charge in [-0.2, -0.15) is 0 Å². The molecule has 0 unspecified atom stereocenters. The second-order valence-corrected chi connectivity index (χ2v) is 17.4. The average molecular weight is 653 g/mol. The highest BCUT2D eigenvalue weighted by Crippen LogP contribution is 2.38. The maximum atomic E-state index is 12.8. The van der Waals surface area contributed by atoms with E-state index in [1.54, 1.807) is 25.3 Å². The quantitative estimate of drug-likeness (QED) is 0.119. The van der Waals surface area contributed by atoms with Crippen LogP contribution in [0.4, 0.5) is 5.69 Å². The summed E-state index contributed by atoms with van der Waals surface area (Å²) in [5, 5.41) is 8.00. The number of rotatable bonds is 10. The first-order valence-electron chi connectivity index (χ1n) is 16.3. The minimum Gasteiger partial charge on any atom is -0.403 e. The second kappa shape index (κ2) is 14.8. The van der Waals surface area contributed by atoms with Crippen LogP contribution >= 0.6 is 0 Å². The molecule has 5 aromatic carbocycles. The summed E-state index contributed by atoms with van der Waals surface area (Å²) in [5.41, 5.74) is 7.76. The first kappa shape index (κ1) is 34.3. The van der Waals surface area contributed by atoms with Crippen LogP contribution in [0.1, 0.15) is 53.4 Å². The van der Waals surface area contributed by atoms with Crippen molar-refractivity contribution in [1.82, 2.24) is 5.32 Å². The van der Waals surface area contributed by atoms with Gasteiger partial charge in [0.1, 0.15) is 0 Å². The molecule has 0 fully saturated rings. The zero-order chi connectivity index (χ0) is 34.3. The van der Waals surface area contributed by atoms with E-state index in [9.17, 15) is 9.59 Å². The summed E-state index contributed by atoms with van der Waals surface area (Å²) in [6.45, 7) is 11.7. The number of carbonyl (C=O) groups is 2. The van der Waals surface area contributed by atoms with Crippen LogP contribution in [0, 0.1) is 13.8 Å². The number of carbonyl (C=O) groups excluding carboxylic acids is 2. The summed E-state index contributed by atoms with van der Waals surface area (Å²) in [4.78, 5) is 24.6. The zero-order valence-electron chi connectivity index (χ0n) is 28.6. The van der Waals surface area contributed by atoms with Crippen LogP contribution in [0.5, 0.6) is 0 Å². The van der Waals surface area contributed by atoms with Gasteiger partial charge in [0.2, 0.25) is 5.91 Å². The van der Waals surface area contributed by atoms with E-state index in [4.69, 9.17) is 4.43 Å². The molecule has 2 amide bonds. The van der Waals surface area contributed by atoms with Gasteiger partial charge in [-0.3, -0.25) is 9.59 Å². The van der Waals surface area contributed by atoms with E-state index >= 15 is 0 Å². The molecule has 0 aliphatic carbocycles. The summed E-state index contributed by atoms with van der Waals surface area (Å²) in [5.74, 6) is -0.381. The molecule has 0 spiro atoms. The Bertz CT molecular complexity index is 1870. The lowest BCUT2D eigenvalue weighted by Gasteiger charge is -2.43. The molecule has 0 saturated carbocycles. The van der Waals surface area contributed by atoms with E-state index < -0.39 is 8.32 Å². The van der Waals surface area contributed by atoms with Crippen LogP contribution in [0.3, 0.4) is 0 Å². The minimum atomic E-state index is -2.72. The smallest absolute Gasteiger partial charge is 0.261 e. The summed E-state index contributed by atoms with van der Waals surface area (Å²) in [6, 6.07) is 40.8. The Morgan fingerprint density at radius 2 is 1.40 bits per heavy atom. The van der Waals surface area contributed by atoms with Gasteiger partial charge in [-0.15, -0.1) is 0 Å². The molecule has 5 aromatic rings. The first-order valence-corrected chi connectivity index (χ1v) is 18.2. The molecule has 0 aromatic heterocycles. The molecular weight excluding hydrogens is 609 g/mol. The predicted molar refractivity (Wildman–Crippen MR) is 201 cm³/mol. The van der Waals surface area contributed by atoms with Crippen LogP contribution in [-0.4, -0.2) is 27.2 Å². The van der Waals surface area contributed by atoms with Gasteiger partial charge in [0.05, 0.1) is 6.61 Å². The van der Waals surface area contributed by atoms with E-state index in [2.05, 4.69) is 124 Å². The van der Waals surface area contributed by atoms with Gasteiger partial charge in [0, 0.05) is 24.4 Å². The molecule has 0 aliphatic heterocycles. The molecule has 0 heterocycles. The molecule has 6 heteroatoms. The number of aryl methyl sites for hydroxylation is 1. The number of hydrogen-bond donors (Lipinski definition) is 2. The summed E-state index contributed by atoms with van der Waals surface area (Å²) < 4.78 is 7.32. The summed E-state index contributed by atoms with van der Waals surface area (Å²) in [7, 11) is -1.12. The molecule has 48 heavy (non-hydrogen) atoms. The fraction of sp³-hybridized carbons (Fsp3) is 0.190. The number of amides is 2. The lowest BCUT2D eigenvalue weighted by Crippen LogP contribution is -2.66. The molecule has 2 N–H and O–H groups in total. The van der Waals surface area contributed by atoms with Crippen molar-refractivity contribution in [2.45, 2.75) is 46.3 Å². The Morgan fingerprint density at radius 3 is 1.98 bits per heavy atom. The van der Waals surface area contributed by atoms with Crippen molar-refractivity contribution in [2.24, 2.45) is 0 Å². The third-order valence-electron chi connectivity index (χ3n) is 8.95. The van der Waals surface area contributed by atoms with Crippen LogP contribution in [-0.2, 0) is 15.8 Å². The van der Waals surface area contributed by atoms with E-state index in [1.807, 2.05) is 30.3 Å². The first-order chi connectivity index (χ1) is 23.0. The normalized spacial score (nSPS) is 11.8. The van der Waals surface area contributed by atoms with Crippen LogP contribution in [0.15, 0.2) is 127 Å². The maximum absolute atomic E-state index is 12.8. The highest BCUT2D eigenvalue weighted by Gasteiger charge is 2.50. The van der Waals surface area contributed by atoms with Gasteiger partial charge in [-0.1, -0.05) is 118 Å². The van der Waals surface area contributed by atoms with Crippen LogP contribution < -0.4 is 21.0 Å². The van der Waals surface area contributed by atoms with Gasteiger partial charge >= 0.3 is 0 Å². The molecule has 5 nitrogen and oxygen atoms in total. The SMILES string of the molecule is CNC(=O)c1ccc(/C=C/C(=O)Nc2cccc(-c3ccc(C)c(CO[Si](c4ccccc4)(c4ccccc4)C(C)(C)C)c3C)c2)cc1. The minimum absolute atomic E-state index is 0.120. The fourth-order valence-corrected chi connectivity index (χ4v) is 10.9. The van der Waals surface area contributed by atoms with Crippen molar-refractivity contribution in [3.63, 3.8) is 0 Å². The maximum Gasteiger partial charge on any atom is 0.261 e. The third kappa shape index (κ3) is 7.41. The van der Waals surface area contributed by atoms with Gasteiger partial charge in [-0.25, -0.2) is 0 Å². The Kier molecular flexibility index (Phi) is 10.6. The molecule has 0 bridgehead atoms. The van der Waals surface area contributed by atoms with E-state index in [0.717, 1.165) is 22.3 Å². The molecule has 5 rings (SSSR count). The van der Waals surface area contributed by atoms with Gasteiger partial charge in [0.25, 0.3) is 14.2 Å². The standard InChI is InChI=1S/C42H44N2O3Si/c1-30-20-26-38(34-14-13-15-35(28-34)44-40(45)27-23-32-21-24-33(25-22-32)41(46)43-6)31(2)39(30)29-47-48(42(3,4)5,36-16-9-7-10-17-36)37-18-11-8-12-19-37/h7-28H,29H2,1-6H3,(H,43,46)(H,44,45)/b27-23+. The van der Waals surface area contributed by atoms with E-state index in [1.165, 1.54) is 27.6 Å². The highest BCUT2D eigenvalue weighted by atomic mass is 28.4. The van der Waals surface area contributed by atoms with Gasteiger partial charge in [0.15, 0.2) is 0 Å². The number of benzene rings is 5.